The van der Waals surface area contributed by atoms with E-state index in [0.29, 0.717) is 45.1 Å². The summed E-state index contributed by atoms with van der Waals surface area (Å²) in [4.78, 5) is 15.7. The van der Waals surface area contributed by atoms with Crippen LogP contribution in [0.25, 0.3) is 0 Å². The molecule has 0 aromatic heterocycles. The molecule has 32 heavy (non-hydrogen) atoms. The lowest BCUT2D eigenvalue weighted by molar-refractivity contribution is -0.141. The number of aliphatic carboxylic acids is 1. The highest BCUT2D eigenvalue weighted by atomic mass is 16.4. The molecule has 0 unspecified atom stereocenters. The van der Waals surface area contributed by atoms with Gasteiger partial charge in [-0.25, -0.2) is 0 Å². The van der Waals surface area contributed by atoms with Gasteiger partial charge in [-0.2, -0.15) is 0 Å². The van der Waals surface area contributed by atoms with E-state index in [9.17, 15) is 15.0 Å². The Balaban J connectivity index is 0.000000149. The molecule has 4 atom stereocenters. The maximum Gasteiger partial charge on any atom is 0.320 e. The standard InChI is InChI=1S/C13H21NO2.C13H23NO.CH4/c1-11(2)12(5-4-6-12)13(11)7-9(10(15)16)14(3)8-13;1-11(2)12(5-4-6-12)13(11)7-10(8-15)14(3)9-13;/h9H,4-8H2,1-3H3,(H,15,16);10,15H,4-9H2,1-3H3;1H4/t9-,13+;10-,13+;/m00./s1. The normalized spacial score (nSPS) is 43.3. The van der Waals surface area contributed by atoms with E-state index in [1.807, 2.05) is 7.05 Å². The van der Waals surface area contributed by atoms with E-state index in [1.54, 1.807) is 0 Å². The van der Waals surface area contributed by atoms with Crippen molar-refractivity contribution in [2.75, 3.05) is 33.8 Å². The van der Waals surface area contributed by atoms with Crippen molar-refractivity contribution in [2.24, 2.45) is 32.5 Å². The molecular weight excluding hydrogens is 400 g/mol. The lowest BCUT2D eigenvalue weighted by Gasteiger charge is -2.32. The molecule has 5 heteroatoms. The number of carbonyl (C=O) groups is 1. The molecule has 0 bridgehead atoms. The highest BCUT2D eigenvalue weighted by Crippen LogP contribution is 2.89. The smallest absolute Gasteiger partial charge is 0.320 e. The average Bonchev–Trinajstić information content (AvgIpc) is 2.98. The second-order valence-corrected chi connectivity index (χ2v) is 13.2. The van der Waals surface area contributed by atoms with E-state index in [1.165, 1.54) is 51.5 Å². The number of hydrogen-bond donors (Lipinski definition) is 2. The van der Waals surface area contributed by atoms with Gasteiger partial charge < -0.3 is 15.1 Å². The third-order valence-corrected chi connectivity index (χ3v) is 12.7. The number of aliphatic hydroxyl groups is 1. The first kappa shape index (κ1) is 24.5. The van der Waals surface area contributed by atoms with Crippen molar-refractivity contribution in [3.8, 4) is 0 Å². The number of rotatable bonds is 2. The number of carboxylic acids is 1. The number of carboxylic acid groups (broad SMARTS) is 1. The van der Waals surface area contributed by atoms with E-state index in [2.05, 4.69) is 44.5 Å². The first-order valence-electron chi connectivity index (χ1n) is 12.6. The molecule has 0 aromatic carbocycles. The maximum absolute atomic E-state index is 11.2. The summed E-state index contributed by atoms with van der Waals surface area (Å²) in [5.74, 6) is -0.642. The second-order valence-electron chi connectivity index (χ2n) is 13.2. The summed E-state index contributed by atoms with van der Waals surface area (Å²) in [6.07, 6.45) is 10.4. The first-order chi connectivity index (χ1) is 14.4. The Hall–Kier alpha value is -0.650. The van der Waals surface area contributed by atoms with E-state index >= 15 is 0 Å². The van der Waals surface area contributed by atoms with Crippen LogP contribution in [0.5, 0.6) is 0 Å². The van der Waals surface area contributed by atoms with E-state index in [4.69, 9.17) is 0 Å². The fourth-order valence-electron chi connectivity index (χ4n) is 10.1. The van der Waals surface area contributed by atoms with Crippen LogP contribution in [0.15, 0.2) is 0 Å². The minimum Gasteiger partial charge on any atom is -0.480 e. The van der Waals surface area contributed by atoms with Crippen LogP contribution in [-0.2, 0) is 4.79 Å². The van der Waals surface area contributed by atoms with Crippen molar-refractivity contribution in [3.05, 3.63) is 0 Å². The van der Waals surface area contributed by atoms with Crippen LogP contribution in [0.3, 0.4) is 0 Å². The van der Waals surface area contributed by atoms with Gasteiger partial charge in [0.2, 0.25) is 0 Å². The zero-order valence-electron chi connectivity index (χ0n) is 20.6. The molecule has 2 aliphatic heterocycles. The number of fused-ring (bicyclic) bond motifs is 2. The number of likely N-dealkylation sites (N-methyl/N-ethyl adjacent to an activating group) is 2. The van der Waals surface area contributed by atoms with Crippen molar-refractivity contribution in [2.45, 2.75) is 98.6 Å². The molecule has 0 amide bonds. The van der Waals surface area contributed by atoms with E-state index in [0.717, 1.165) is 13.0 Å². The predicted molar refractivity (Wildman–Crippen MR) is 129 cm³/mol. The van der Waals surface area contributed by atoms with Gasteiger partial charge in [0.1, 0.15) is 6.04 Å². The van der Waals surface area contributed by atoms with Crippen LogP contribution in [-0.4, -0.2) is 71.9 Å². The van der Waals surface area contributed by atoms with Crippen LogP contribution < -0.4 is 0 Å². The Bertz CT molecular complexity index is 784. The van der Waals surface area contributed by atoms with Gasteiger partial charge in [0.15, 0.2) is 0 Å². The van der Waals surface area contributed by atoms with Crippen molar-refractivity contribution < 1.29 is 15.0 Å². The van der Waals surface area contributed by atoms with Crippen molar-refractivity contribution in [1.29, 1.82) is 0 Å². The summed E-state index contributed by atoms with van der Waals surface area (Å²) in [7, 11) is 4.14. The predicted octanol–water partition coefficient (Wildman–Crippen LogP) is 4.49. The molecule has 6 aliphatic rings. The van der Waals surface area contributed by atoms with Gasteiger partial charge in [-0.05, 0) is 85.1 Å². The summed E-state index contributed by atoms with van der Waals surface area (Å²) in [5.41, 5.74) is 2.86. The van der Waals surface area contributed by atoms with E-state index < -0.39 is 5.97 Å². The van der Waals surface area contributed by atoms with Crippen molar-refractivity contribution in [3.63, 3.8) is 0 Å². The van der Waals surface area contributed by atoms with Gasteiger partial charge in [-0.3, -0.25) is 9.69 Å². The van der Waals surface area contributed by atoms with Crippen LogP contribution in [0.2, 0.25) is 0 Å². The number of nitrogens with zero attached hydrogens (tertiary/aromatic N) is 2. The number of aliphatic hydroxyl groups excluding tert-OH is 1. The molecule has 0 aromatic rings. The molecule has 6 fully saturated rings. The molecule has 4 aliphatic carbocycles. The van der Waals surface area contributed by atoms with E-state index in [-0.39, 0.29) is 13.5 Å². The molecule has 2 saturated heterocycles. The lowest BCUT2D eigenvalue weighted by Crippen LogP contribution is -2.32. The number of likely N-dealkylation sites (tertiary alicyclic amines) is 2. The molecule has 2 N–H and O–H groups in total. The Morgan fingerprint density at radius 1 is 0.812 bits per heavy atom. The second kappa shape index (κ2) is 6.95. The maximum atomic E-state index is 11.2. The Morgan fingerprint density at radius 2 is 1.25 bits per heavy atom. The van der Waals surface area contributed by atoms with Crippen molar-refractivity contribution >= 4 is 5.97 Å². The van der Waals surface area contributed by atoms with Crippen molar-refractivity contribution in [1.82, 2.24) is 9.80 Å². The van der Waals surface area contributed by atoms with Crippen LogP contribution in [0.1, 0.15) is 86.5 Å². The zero-order chi connectivity index (χ0) is 22.7. The van der Waals surface area contributed by atoms with Crippen LogP contribution in [0, 0.1) is 32.5 Å². The van der Waals surface area contributed by atoms with Crippen LogP contribution in [0.4, 0.5) is 0 Å². The average molecular weight is 449 g/mol. The summed E-state index contributed by atoms with van der Waals surface area (Å²) >= 11 is 0. The Kier molecular flexibility index (Phi) is 5.31. The summed E-state index contributed by atoms with van der Waals surface area (Å²) in [5, 5.41) is 18.6. The third kappa shape index (κ3) is 2.39. The molecule has 6 rings (SSSR count). The largest absolute Gasteiger partial charge is 0.480 e. The molecule has 0 radical (unpaired) electrons. The molecule has 5 nitrogen and oxygen atoms in total. The molecule has 184 valence electrons. The first-order valence-corrected chi connectivity index (χ1v) is 12.6. The minimum atomic E-state index is -0.642. The highest BCUT2D eigenvalue weighted by Gasteiger charge is 2.85. The monoisotopic (exact) mass is 448 g/mol. The van der Waals surface area contributed by atoms with Gasteiger partial charge in [0.25, 0.3) is 0 Å². The Morgan fingerprint density at radius 3 is 1.53 bits per heavy atom. The summed E-state index contributed by atoms with van der Waals surface area (Å²) < 4.78 is 0. The van der Waals surface area contributed by atoms with Gasteiger partial charge in [0.05, 0.1) is 6.61 Å². The lowest BCUT2D eigenvalue weighted by atomic mass is 9.73. The fourth-order valence-corrected chi connectivity index (χ4v) is 10.1. The zero-order valence-corrected chi connectivity index (χ0v) is 20.6. The fraction of sp³-hybridized carbons (Fsp3) is 0.963. The molecule has 4 saturated carbocycles. The summed E-state index contributed by atoms with van der Waals surface area (Å²) in [6.45, 7) is 12.2. The molecule has 2 heterocycles. The van der Waals surface area contributed by atoms with Gasteiger partial charge in [0, 0.05) is 19.1 Å². The Labute approximate surface area is 195 Å². The quantitative estimate of drug-likeness (QED) is 0.652. The molecular formula is C27H48N2O3. The minimum absolute atomic E-state index is 0. The molecule has 4 spiro atoms. The third-order valence-electron chi connectivity index (χ3n) is 12.7. The van der Waals surface area contributed by atoms with Gasteiger partial charge >= 0.3 is 5.97 Å². The SMILES string of the molecule is C.CN1C[C@]2(C[C@H]1C(=O)O)C(C)(C)C21CCC1.CN1C[C@]2(C[C@H]1CO)C(C)(C)C21CCC1. The topological polar surface area (TPSA) is 64.0 Å². The number of hydrogen-bond acceptors (Lipinski definition) is 4. The summed E-state index contributed by atoms with van der Waals surface area (Å²) in [6, 6.07) is 0.170. The van der Waals surface area contributed by atoms with Crippen LogP contribution >= 0.6 is 0 Å². The highest BCUT2D eigenvalue weighted by molar-refractivity contribution is 5.74. The van der Waals surface area contributed by atoms with Gasteiger partial charge in [-0.15, -0.1) is 0 Å². The van der Waals surface area contributed by atoms with Gasteiger partial charge in [-0.1, -0.05) is 48.0 Å².